The molecule has 20 heavy (non-hydrogen) atoms. The first-order chi connectivity index (χ1) is 9.32. The number of aryl methyl sites for hydroxylation is 1. The second-order valence-corrected chi connectivity index (χ2v) is 7.13. The molecule has 0 aromatic carbocycles. The zero-order chi connectivity index (χ0) is 15.0. The van der Waals surface area contributed by atoms with Crippen LogP contribution in [-0.4, -0.2) is 31.2 Å². The Morgan fingerprint density at radius 1 is 1.60 bits per heavy atom. The summed E-state index contributed by atoms with van der Waals surface area (Å²) in [6.45, 7) is 7.31. The van der Waals surface area contributed by atoms with Crippen molar-refractivity contribution in [3.8, 4) is 0 Å². The average Bonchev–Trinajstić information content (AvgIpc) is 2.93. The summed E-state index contributed by atoms with van der Waals surface area (Å²) < 4.78 is 35.1. The minimum absolute atomic E-state index is 0.139. The van der Waals surface area contributed by atoms with Gasteiger partial charge in [-0.3, -0.25) is 0 Å². The highest BCUT2D eigenvalue weighted by atomic mass is 32.2. The number of aromatic nitrogens is 1. The first-order valence-electron chi connectivity index (χ1n) is 6.87. The number of nitrogens with two attached hydrogens (primary N) is 1. The molecule has 0 bridgehead atoms. The standard InChI is InChI=1S/C13H23N3O3S/c1-4-16-9-12(7-11(16)8-14)20(17,18)15-13(3)5-6-19-10(13)2/h7,9-10,15H,4-6,8,14H2,1-3H3. The van der Waals surface area contributed by atoms with Crippen LogP contribution in [-0.2, 0) is 27.8 Å². The van der Waals surface area contributed by atoms with Crippen molar-refractivity contribution in [3.63, 3.8) is 0 Å². The Hall–Kier alpha value is -0.890. The van der Waals surface area contributed by atoms with E-state index in [1.165, 1.54) is 0 Å². The smallest absolute Gasteiger partial charge is 0.242 e. The Kier molecular flexibility index (Phi) is 4.24. The fourth-order valence-corrected chi connectivity index (χ4v) is 4.03. The van der Waals surface area contributed by atoms with Crippen LogP contribution in [0.3, 0.4) is 0 Å². The van der Waals surface area contributed by atoms with E-state index in [-0.39, 0.29) is 11.0 Å². The van der Waals surface area contributed by atoms with Crippen molar-refractivity contribution in [1.29, 1.82) is 0 Å². The summed E-state index contributed by atoms with van der Waals surface area (Å²) >= 11 is 0. The summed E-state index contributed by atoms with van der Waals surface area (Å²) in [4.78, 5) is 0.264. The Balaban J connectivity index is 2.29. The van der Waals surface area contributed by atoms with E-state index in [1.54, 1.807) is 12.3 Å². The number of sulfonamides is 1. The summed E-state index contributed by atoms with van der Waals surface area (Å²) in [5, 5.41) is 0. The van der Waals surface area contributed by atoms with Crippen LogP contribution in [0.2, 0.25) is 0 Å². The lowest BCUT2D eigenvalue weighted by molar-refractivity contribution is 0.0957. The Morgan fingerprint density at radius 2 is 2.30 bits per heavy atom. The highest BCUT2D eigenvalue weighted by Crippen LogP contribution is 2.27. The summed E-state index contributed by atoms with van der Waals surface area (Å²) in [6, 6.07) is 1.63. The fraction of sp³-hybridized carbons (Fsp3) is 0.692. The van der Waals surface area contributed by atoms with Gasteiger partial charge in [0, 0.05) is 31.6 Å². The van der Waals surface area contributed by atoms with Gasteiger partial charge >= 0.3 is 0 Å². The monoisotopic (exact) mass is 301 g/mol. The fourth-order valence-electron chi connectivity index (χ4n) is 2.47. The van der Waals surface area contributed by atoms with Crippen LogP contribution in [0.15, 0.2) is 17.2 Å². The minimum Gasteiger partial charge on any atom is -0.376 e. The Morgan fingerprint density at radius 3 is 2.75 bits per heavy atom. The lowest BCUT2D eigenvalue weighted by Gasteiger charge is -2.28. The van der Waals surface area contributed by atoms with Gasteiger partial charge < -0.3 is 15.0 Å². The molecule has 0 amide bonds. The normalized spacial score (nSPS) is 27.1. The molecular weight excluding hydrogens is 278 g/mol. The van der Waals surface area contributed by atoms with E-state index in [0.29, 0.717) is 26.1 Å². The van der Waals surface area contributed by atoms with Crippen molar-refractivity contribution >= 4 is 10.0 Å². The lowest BCUT2D eigenvalue weighted by Crippen LogP contribution is -2.50. The molecule has 114 valence electrons. The molecule has 2 heterocycles. The predicted molar refractivity (Wildman–Crippen MR) is 76.8 cm³/mol. The average molecular weight is 301 g/mol. The van der Waals surface area contributed by atoms with Gasteiger partial charge in [-0.15, -0.1) is 0 Å². The number of hydrogen-bond donors (Lipinski definition) is 2. The zero-order valence-electron chi connectivity index (χ0n) is 12.2. The molecule has 2 unspecified atom stereocenters. The van der Waals surface area contributed by atoms with Crippen LogP contribution in [0.4, 0.5) is 0 Å². The topological polar surface area (TPSA) is 86.3 Å². The lowest BCUT2D eigenvalue weighted by atomic mass is 9.97. The van der Waals surface area contributed by atoms with E-state index in [2.05, 4.69) is 4.72 Å². The quantitative estimate of drug-likeness (QED) is 0.843. The van der Waals surface area contributed by atoms with E-state index in [0.717, 1.165) is 5.69 Å². The third kappa shape index (κ3) is 2.76. The maximum Gasteiger partial charge on any atom is 0.242 e. The van der Waals surface area contributed by atoms with Crippen molar-refractivity contribution in [2.24, 2.45) is 5.73 Å². The second-order valence-electron chi connectivity index (χ2n) is 5.44. The van der Waals surface area contributed by atoms with Crippen molar-refractivity contribution in [2.75, 3.05) is 6.61 Å². The first kappa shape index (κ1) is 15.5. The van der Waals surface area contributed by atoms with Gasteiger partial charge in [0.05, 0.1) is 16.5 Å². The van der Waals surface area contributed by atoms with Crippen LogP contribution >= 0.6 is 0 Å². The largest absolute Gasteiger partial charge is 0.376 e. The van der Waals surface area contributed by atoms with Crippen LogP contribution in [0.5, 0.6) is 0 Å². The van der Waals surface area contributed by atoms with Gasteiger partial charge in [-0.05, 0) is 33.3 Å². The number of hydrogen-bond acceptors (Lipinski definition) is 4. The van der Waals surface area contributed by atoms with Crippen molar-refractivity contribution in [1.82, 2.24) is 9.29 Å². The van der Waals surface area contributed by atoms with Crippen LogP contribution in [0.25, 0.3) is 0 Å². The molecule has 1 aliphatic heterocycles. The molecule has 0 saturated carbocycles. The summed E-state index contributed by atoms with van der Waals surface area (Å²) in [5.41, 5.74) is 5.89. The first-order valence-corrected chi connectivity index (χ1v) is 8.35. The second kappa shape index (κ2) is 5.48. The molecule has 7 heteroatoms. The highest BCUT2D eigenvalue weighted by molar-refractivity contribution is 7.89. The van der Waals surface area contributed by atoms with E-state index in [4.69, 9.17) is 10.5 Å². The van der Waals surface area contributed by atoms with Gasteiger partial charge in [0.25, 0.3) is 0 Å². The molecular formula is C13H23N3O3S. The van der Waals surface area contributed by atoms with Gasteiger partial charge in [-0.1, -0.05) is 0 Å². The van der Waals surface area contributed by atoms with Gasteiger partial charge in [0.15, 0.2) is 0 Å². The van der Waals surface area contributed by atoms with Gasteiger partial charge in [-0.25, -0.2) is 13.1 Å². The SMILES string of the molecule is CCn1cc(S(=O)(=O)NC2(C)CCOC2C)cc1CN. The molecule has 1 aromatic heterocycles. The number of nitrogens with zero attached hydrogens (tertiary/aromatic N) is 1. The molecule has 2 atom stereocenters. The van der Waals surface area contributed by atoms with E-state index < -0.39 is 15.6 Å². The van der Waals surface area contributed by atoms with Crippen LogP contribution < -0.4 is 10.5 Å². The molecule has 3 N–H and O–H groups in total. The Bertz CT molecular complexity index is 560. The number of ether oxygens (including phenoxy) is 1. The van der Waals surface area contributed by atoms with E-state index in [9.17, 15) is 8.42 Å². The maximum atomic E-state index is 12.5. The van der Waals surface area contributed by atoms with E-state index in [1.807, 2.05) is 25.3 Å². The molecule has 1 aliphatic rings. The van der Waals surface area contributed by atoms with E-state index >= 15 is 0 Å². The predicted octanol–water partition coefficient (Wildman–Crippen LogP) is 0.812. The van der Waals surface area contributed by atoms with Crippen LogP contribution in [0.1, 0.15) is 32.9 Å². The molecule has 6 nitrogen and oxygen atoms in total. The minimum atomic E-state index is -3.56. The molecule has 1 saturated heterocycles. The summed E-state index contributed by atoms with van der Waals surface area (Å²) in [6.07, 6.45) is 2.17. The van der Waals surface area contributed by atoms with Crippen LogP contribution in [0, 0.1) is 0 Å². The third-order valence-corrected chi connectivity index (χ3v) is 5.65. The molecule has 0 aliphatic carbocycles. The van der Waals surface area contributed by atoms with Crippen molar-refractivity contribution in [2.45, 2.75) is 56.8 Å². The van der Waals surface area contributed by atoms with Crippen molar-refractivity contribution < 1.29 is 13.2 Å². The molecule has 2 rings (SSSR count). The van der Waals surface area contributed by atoms with Gasteiger partial charge in [0.1, 0.15) is 0 Å². The van der Waals surface area contributed by atoms with Gasteiger partial charge in [-0.2, -0.15) is 0 Å². The summed E-state index contributed by atoms with van der Waals surface area (Å²) in [7, 11) is -3.56. The third-order valence-electron chi connectivity index (χ3n) is 4.08. The Labute approximate surface area is 120 Å². The summed E-state index contributed by atoms with van der Waals surface area (Å²) in [5.74, 6) is 0. The number of rotatable bonds is 5. The molecule has 1 aromatic rings. The van der Waals surface area contributed by atoms with Crippen molar-refractivity contribution in [3.05, 3.63) is 18.0 Å². The molecule has 0 radical (unpaired) electrons. The zero-order valence-corrected chi connectivity index (χ0v) is 13.0. The maximum absolute atomic E-state index is 12.5. The number of nitrogens with one attached hydrogen (secondary N) is 1. The highest BCUT2D eigenvalue weighted by Gasteiger charge is 2.40. The van der Waals surface area contributed by atoms with Gasteiger partial charge in [0.2, 0.25) is 10.0 Å². The molecule has 1 fully saturated rings. The molecule has 0 spiro atoms.